The van der Waals surface area contributed by atoms with E-state index in [0.29, 0.717) is 28.7 Å². The fourth-order valence-corrected chi connectivity index (χ4v) is 4.71. The lowest BCUT2D eigenvalue weighted by Gasteiger charge is -2.31. The van der Waals surface area contributed by atoms with Gasteiger partial charge in [0.2, 0.25) is 5.88 Å². The van der Waals surface area contributed by atoms with Crippen LogP contribution >= 0.6 is 0 Å². The third-order valence-corrected chi connectivity index (χ3v) is 6.64. The second-order valence-corrected chi connectivity index (χ2v) is 8.80. The van der Waals surface area contributed by atoms with Crippen molar-refractivity contribution in [1.82, 2.24) is 19.9 Å². The molecule has 4 heterocycles. The Hall–Kier alpha value is -3.75. The molecule has 0 radical (unpaired) electrons. The number of H-pyrrole nitrogens is 1. The summed E-state index contributed by atoms with van der Waals surface area (Å²) in [5.74, 6) is 1.55. The minimum atomic E-state index is -0.192. The molecule has 0 spiro atoms. The van der Waals surface area contributed by atoms with Gasteiger partial charge in [0.15, 0.2) is 0 Å². The van der Waals surface area contributed by atoms with Crippen molar-refractivity contribution in [1.29, 1.82) is 0 Å². The number of aliphatic hydroxyl groups is 1. The molecule has 5 rings (SSSR count). The molecule has 1 fully saturated rings. The summed E-state index contributed by atoms with van der Waals surface area (Å²) in [5.41, 5.74) is 3.54. The Morgan fingerprint density at radius 3 is 2.63 bits per heavy atom. The fraction of sp³-hybridized carbons (Fsp3) is 0.296. The molecular formula is C27H29N5O3. The Morgan fingerprint density at radius 1 is 1.14 bits per heavy atom. The minimum absolute atomic E-state index is 0.192. The topological polar surface area (TPSA) is 103 Å². The lowest BCUT2D eigenvalue weighted by atomic mass is 9.89. The molecule has 1 aromatic carbocycles. The summed E-state index contributed by atoms with van der Waals surface area (Å²) in [6.07, 6.45) is 5.54. The van der Waals surface area contributed by atoms with Crippen molar-refractivity contribution in [2.45, 2.75) is 18.8 Å². The number of hydrogen-bond acceptors (Lipinski definition) is 7. The molecule has 0 aliphatic carbocycles. The Kier molecular flexibility index (Phi) is 6.74. The molecule has 3 N–H and O–H groups in total. The van der Waals surface area contributed by atoms with Crippen LogP contribution in [0.5, 0.6) is 5.88 Å². The van der Waals surface area contributed by atoms with Gasteiger partial charge < -0.3 is 25.0 Å². The number of ether oxygens (including phenoxy) is 1. The van der Waals surface area contributed by atoms with E-state index in [0.717, 1.165) is 49.1 Å². The number of rotatable bonds is 7. The van der Waals surface area contributed by atoms with Crippen LogP contribution in [0.2, 0.25) is 0 Å². The van der Waals surface area contributed by atoms with E-state index in [1.165, 1.54) is 5.56 Å². The highest BCUT2D eigenvalue weighted by molar-refractivity contribution is 5.95. The van der Waals surface area contributed by atoms with E-state index in [2.05, 4.69) is 32.3 Å². The highest BCUT2D eigenvalue weighted by Gasteiger charge is 2.20. The summed E-state index contributed by atoms with van der Waals surface area (Å²) in [4.78, 5) is 26.8. The monoisotopic (exact) mass is 471 g/mol. The van der Waals surface area contributed by atoms with Crippen molar-refractivity contribution < 1.29 is 9.84 Å². The third kappa shape index (κ3) is 5.03. The smallest absolute Gasteiger partial charge is 0.259 e. The van der Waals surface area contributed by atoms with Crippen LogP contribution in [-0.2, 0) is 0 Å². The van der Waals surface area contributed by atoms with Gasteiger partial charge in [-0.3, -0.25) is 4.79 Å². The first-order chi connectivity index (χ1) is 17.1. The molecule has 1 aliphatic rings. The van der Waals surface area contributed by atoms with Crippen LogP contribution in [0.3, 0.4) is 0 Å². The Balaban J connectivity index is 1.41. The largest absolute Gasteiger partial charge is 0.481 e. The van der Waals surface area contributed by atoms with Crippen molar-refractivity contribution in [2.24, 2.45) is 0 Å². The predicted molar refractivity (Wildman–Crippen MR) is 137 cm³/mol. The zero-order valence-electron chi connectivity index (χ0n) is 19.7. The number of likely N-dealkylation sites (tertiary alicyclic amines) is 1. The number of fused-ring (bicyclic) bond motifs is 1. The van der Waals surface area contributed by atoms with E-state index < -0.39 is 0 Å². The lowest BCUT2D eigenvalue weighted by Crippen LogP contribution is -2.34. The van der Waals surface area contributed by atoms with Crippen LogP contribution in [0.15, 0.2) is 65.7 Å². The van der Waals surface area contributed by atoms with Crippen LogP contribution in [0.4, 0.5) is 11.5 Å². The number of aromatic amines is 1. The van der Waals surface area contributed by atoms with E-state index in [1.807, 2.05) is 30.3 Å². The minimum Gasteiger partial charge on any atom is -0.481 e. The number of piperidine rings is 1. The van der Waals surface area contributed by atoms with Crippen molar-refractivity contribution >= 4 is 22.3 Å². The average Bonchev–Trinajstić information content (AvgIpc) is 2.90. The van der Waals surface area contributed by atoms with Gasteiger partial charge >= 0.3 is 0 Å². The number of benzene rings is 1. The van der Waals surface area contributed by atoms with Crippen molar-refractivity contribution in [2.75, 3.05) is 38.7 Å². The quantitative estimate of drug-likeness (QED) is 0.375. The maximum Gasteiger partial charge on any atom is 0.259 e. The van der Waals surface area contributed by atoms with Gasteiger partial charge in [-0.05, 0) is 73.1 Å². The fourth-order valence-electron chi connectivity index (χ4n) is 4.71. The first kappa shape index (κ1) is 23.0. The molecule has 8 heteroatoms. The van der Waals surface area contributed by atoms with Gasteiger partial charge in [0, 0.05) is 36.3 Å². The molecule has 4 aromatic rings. The number of anilines is 2. The van der Waals surface area contributed by atoms with E-state index in [-0.39, 0.29) is 12.2 Å². The molecule has 0 atom stereocenters. The number of nitrogens with one attached hydrogen (secondary N) is 2. The van der Waals surface area contributed by atoms with E-state index in [4.69, 9.17) is 14.8 Å². The van der Waals surface area contributed by atoms with Gasteiger partial charge in [-0.25, -0.2) is 9.97 Å². The zero-order chi connectivity index (χ0) is 24.2. The number of pyridine rings is 3. The maximum absolute atomic E-state index is 12.7. The summed E-state index contributed by atoms with van der Waals surface area (Å²) in [5, 5.41) is 13.8. The molecule has 3 aromatic heterocycles. The van der Waals surface area contributed by atoms with Gasteiger partial charge in [0.1, 0.15) is 5.82 Å². The highest BCUT2D eigenvalue weighted by Crippen LogP contribution is 2.31. The molecule has 1 aliphatic heterocycles. The van der Waals surface area contributed by atoms with Crippen LogP contribution in [0.25, 0.3) is 22.0 Å². The van der Waals surface area contributed by atoms with Gasteiger partial charge in [-0.2, -0.15) is 0 Å². The molecule has 180 valence electrons. The van der Waals surface area contributed by atoms with Crippen LogP contribution in [0.1, 0.15) is 24.3 Å². The summed E-state index contributed by atoms with van der Waals surface area (Å²) in [6.45, 7) is 2.99. The van der Waals surface area contributed by atoms with Crippen LogP contribution < -0.4 is 15.6 Å². The highest BCUT2D eigenvalue weighted by atomic mass is 16.5. The summed E-state index contributed by atoms with van der Waals surface area (Å²) >= 11 is 0. The van der Waals surface area contributed by atoms with Crippen molar-refractivity contribution in [3.63, 3.8) is 0 Å². The third-order valence-electron chi connectivity index (χ3n) is 6.64. The van der Waals surface area contributed by atoms with Gasteiger partial charge in [0.25, 0.3) is 5.56 Å². The van der Waals surface area contributed by atoms with Gasteiger partial charge in [-0.15, -0.1) is 0 Å². The van der Waals surface area contributed by atoms with E-state index in [1.54, 1.807) is 25.6 Å². The predicted octanol–water partition coefficient (Wildman–Crippen LogP) is 3.91. The molecule has 8 nitrogen and oxygen atoms in total. The molecule has 0 bridgehead atoms. The number of methoxy groups -OCH3 is 1. The molecule has 0 unspecified atom stereocenters. The summed E-state index contributed by atoms with van der Waals surface area (Å²) in [7, 11) is 1.58. The van der Waals surface area contributed by atoms with Crippen LogP contribution in [-0.4, -0.2) is 58.3 Å². The molecule has 0 amide bonds. The SMILES string of the molecule is COc1ccc(-c2cc3cc[nH]c(=O)c3c(Nc3ccc(C4CCN(CCO)CC4)cc3)n2)cn1. The Morgan fingerprint density at radius 2 is 1.94 bits per heavy atom. The Labute approximate surface area is 203 Å². The standard InChI is InChI=1S/C27H29N5O3/c1-35-24-7-4-21(17-29-24)23-16-20-8-11-28-27(34)25(20)26(31-23)30-22-5-2-18(3-6-22)19-9-12-32(13-10-19)14-15-33/h2-8,11,16-17,19,33H,9-10,12-15H2,1H3,(H,28,34)(H,30,31). The number of nitrogens with zero attached hydrogens (tertiary/aromatic N) is 3. The number of β-amino-alcohol motifs (C(OH)–C–C–N with tert-alkyl or cyclic N) is 1. The van der Waals surface area contributed by atoms with Crippen LogP contribution in [0, 0.1) is 0 Å². The molecular weight excluding hydrogens is 442 g/mol. The summed E-state index contributed by atoms with van der Waals surface area (Å²) < 4.78 is 5.16. The molecule has 0 saturated carbocycles. The normalized spacial score (nSPS) is 14.8. The number of hydrogen-bond donors (Lipinski definition) is 3. The Bertz CT molecular complexity index is 1340. The van der Waals surface area contributed by atoms with Crippen molar-refractivity contribution in [3.8, 4) is 17.1 Å². The van der Waals surface area contributed by atoms with Gasteiger partial charge in [0.05, 0.1) is 24.8 Å². The number of aliphatic hydroxyl groups excluding tert-OH is 1. The summed E-state index contributed by atoms with van der Waals surface area (Å²) in [6, 6.07) is 15.8. The van der Waals surface area contributed by atoms with E-state index >= 15 is 0 Å². The second kappa shape index (κ2) is 10.2. The van der Waals surface area contributed by atoms with Gasteiger partial charge in [-0.1, -0.05) is 12.1 Å². The average molecular weight is 472 g/mol. The zero-order valence-corrected chi connectivity index (χ0v) is 19.7. The van der Waals surface area contributed by atoms with Crippen molar-refractivity contribution in [3.05, 3.63) is 76.8 Å². The van der Waals surface area contributed by atoms with E-state index in [9.17, 15) is 4.79 Å². The molecule has 1 saturated heterocycles. The number of aromatic nitrogens is 3. The second-order valence-electron chi connectivity index (χ2n) is 8.80. The maximum atomic E-state index is 12.7. The lowest BCUT2D eigenvalue weighted by molar-refractivity contribution is 0.164. The first-order valence-electron chi connectivity index (χ1n) is 11.9. The molecule has 35 heavy (non-hydrogen) atoms. The first-order valence-corrected chi connectivity index (χ1v) is 11.9.